The summed E-state index contributed by atoms with van der Waals surface area (Å²) >= 11 is 0. The van der Waals surface area contributed by atoms with Crippen molar-refractivity contribution in [1.82, 2.24) is 30.0 Å². The van der Waals surface area contributed by atoms with Gasteiger partial charge in [0.2, 0.25) is 5.91 Å². The molecule has 1 aliphatic heterocycles. The smallest absolute Gasteiger partial charge is 0.228 e. The maximum absolute atomic E-state index is 12.4. The van der Waals surface area contributed by atoms with Crippen molar-refractivity contribution in [3.8, 4) is 11.4 Å². The predicted molar refractivity (Wildman–Crippen MR) is 102 cm³/mol. The van der Waals surface area contributed by atoms with Gasteiger partial charge in [-0.2, -0.15) is 4.68 Å². The van der Waals surface area contributed by atoms with E-state index in [2.05, 4.69) is 20.4 Å². The molecule has 1 aliphatic rings. The number of amides is 1. The fraction of sp³-hybridized carbons (Fsp3) is 0.579. The zero-order valence-electron chi connectivity index (χ0n) is 16.6. The van der Waals surface area contributed by atoms with Crippen LogP contribution in [0.1, 0.15) is 33.5 Å². The van der Waals surface area contributed by atoms with Gasteiger partial charge in [0.25, 0.3) is 0 Å². The van der Waals surface area contributed by atoms with Crippen LogP contribution in [0.2, 0.25) is 0 Å². The maximum Gasteiger partial charge on any atom is 0.228 e. The first kappa shape index (κ1) is 19.3. The Balaban J connectivity index is 1.62. The average molecular weight is 372 g/mol. The Morgan fingerprint density at radius 1 is 1.11 bits per heavy atom. The summed E-state index contributed by atoms with van der Waals surface area (Å²) in [7, 11) is 0. The van der Waals surface area contributed by atoms with Crippen molar-refractivity contribution in [3.63, 3.8) is 0 Å². The second-order valence-electron chi connectivity index (χ2n) is 7.75. The summed E-state index contributed by atoms with van der Waals surface area (Å²) in [6, 6.07) is 7.73. The Labute approximate surface area is 160 Å². The van der Waals surface area contributed by atoms with Crippen molar-refractivity contribution in [1.29, 1.82) is 0 Å². The normalized spacial score (nSPS) is 15.8. The molecule has 1 amide bonds. The third-order valence-electron chi connectivity index (χ3n) is 4.59. The second kappa shape index (κ2) is 8.04. The van der Waals surface area contributed by atoms with E-state index in [-0.39, 0.29) is 11.3 Å². The average Bonchev–Trinajstić information content (AvgIpc) is 3.10. The lowest BCUT2D eigenvalue weighted by atomic mass is 9.94. The molecule has 0 atom stereocenters. The Bertz CT molecular complexity index is 757. The largest absolute Gasteiger partial charge is 0.494 e. The first-order valence-corrected chi connectivity index (χ1v) is 9.40. The number of benzene rings is 1. The van der Waals surface area contributed by atoms with E-state index in [1.54, 1.807) is 4.68 Å². The summed E-state index contributed by atoms with van der Waals surface area (Å²) in [6.45, 7) is 12.3. The van der Waals surface area contributed by atoms with E-state index in [0.717, 1.165) is 43.4 Å². The second-order valence-corrected chi connectivity index (χ2v) is 7.75. The molecule has 1 saturated heterocycles. The van der Waals surface area contributed by atoms with Gasteiger partial charge in [0.15, 0.2) is 5.82 Å². The van der Waals surface area contributed by atoms with Crippen LogP contribution in [0.3, 0.4) is 0 Å². The van der Waals surface area contributed by atoms with Crippen LogP contribution in [0.4, 0.5) is 0 Å². The molecule has 8 nitrogen and oxygen atoms in total. The first-order chi connectivity index (χ1) is 12.9. The topological polar surface area (TPSA) is 76.4 Å². The van der Waals surface area contributed by atoms with Gasteiger partial charge in [0.1, 0.15) is 5.75 Å². The van der Waals surface area contributed by atoms with Crippen LogP contribution in [0, 0.1) is 5.41 Å². The van der Waals surface area contributed by atoms with E-state index in [0.29, 0.717) is 13.2 Å². The Morgan fingerprint density at radius 2 is 1.78 bits per heavy atom. The molecule has 0 saturated carbocycles. The molecule has 2 heterocycles. The predicted octanol–water partition coefficient (Wildman–Crippen LogP) is 1.75. The lowest BCUT2D eigenvalue weighted by Gasteiger charge is -2.37. The molecule has 0 radical (unpaired) electrons. The number of nitrogens with zero attached hydrogens (tertiary/aromatic N) is 6. The summed E-state index contributed by atoms with van der Waals surface area (Å²) in [4.78, 5) is 16.6. The van der Waals surface area contributed by atoms with Gasteiger partial charge in [-0.05, 0) is 41.6 Å². The van der Waals surface area contributed by atoms with E-state index in [1.807, 2.05) is 56.9 Å². The zero-order chi connectivity index (χ0) is 19.4. The minimum absolute atomic E-state index is 0.210. The number of hydrogen-bond donors (Lipinski definition) is 0. The number of piperazine rings is 1. The van der Waals surface area contributed by atoms with E-state index < -0.39 is 0 Å². The summed E-state index contributed by atoms with van der Waals surface area (Å²) in [5.41, 5.74) is 0.569. The fourth-order valence-electron chi connectivity index (χ4n) is 3.14. The van der Waals surface area contributed by atoms with Crippen molar-refractivity contribution < 1.29 is 9.53 Å². The Morgan fingerprint density at radius 3 is 2.37 bits per heavy atom. The minimum atomic E-state index is -0.333. The molecule has 0 bridgehead atoms. The first-order valence-electron chi connectivity index (χ1n) is 9.40. The SMILES string of the molecule is CCOc1ccc(-n2nnnc2CN2CCN(C(=O)C(C)(C)C)CC2)cc1. The van der Waals surface area contributed by atoms with Gasteiger partial charge in [-0.1, -0.05) is 20.8 Å². The summed E-state index contributed by atoms with van der Waals surface area (Å²) in [5.74, 6) is 1.83. The fourth-order valence-corrected chi connectivity index (χ4v) is 3.14. The van der Waals surface area contributed by atoms with Crippen molar-refractivity contribution in [2.24, 2.45) is 5.41 Å². The monoisotopic (exact) mass is 372 g/mol. The van der Waals surface area contributed by atoms with Gasteiger partial charge in [0.05, 0.1) is 18.8 Å². The molecular formula is C19H28N6O2. The summed E-state index contributed by atoms with van der Waals surface area (Å²) in [6.07, 6.45) is 0. The van der Waals surface area contributed by atoms with Crippen LogP contribution in [-0.4, -0.2) is 68.7 Å². The Hall–Kier alpha value is -2.48. The lowest BCUT2D eigenvalue weighted by molar-refractivity contribution is -0.141. The van der Waals surface area contributed by atoms with E-state index in [1.165, 1.54) is 0 Å². The maximum atomic E-state index is 12.4. The number of ether oxygens (including phenoxy) is 1. The summed E-state index contributed by atoms with van der Waals surface area (Å²) < 4.78 is 7.23. The van der Waals surface area contributed by atoms with E-state index in [9.17, 15) is 4.79 Å². The van der Waals surface area contributed by atoms with Crippen LogP contribution in [0.25, 0.3) is 5.69 Å². The molecule has 27 heavy (non-hydrogen) atoms. The van der Waals surface area contributed by atoms with E-state index >= 15 is 0 Å². The third kappa shape index (κ3) is 4.63. The van der Waals surface area contributed by atoms with E-state index in [4.69, 9.17) is 4.74 Å². The van der Waals surface area contributed by atoms with Crippen molar-refractivity contribution >= 4 is 5.91 Å². The molecule has 0 unspecified atom stereocenters. The van der Waals surface area contributed by atoms with Crippen LogP contribution < -0.4 is 4.74 Å². The van der Waals surface area contributed by atoms with Crippen molar-refractivity contribution in [3.05, 3.63) is 30.1 Å². The molecule has 0 N–H and O–H groups in total. The highest BCUT2D eigenvalue weighted by Crippen LogP contribution is 2.20. The number of carbonyl (C=O) groups excluding carboxylic acids is 1. The quantitative estimate of drug-likeness (QED) is 0.796. The molecule has 2 aromatic rings. The molecule has 0 spiro atoms. The lowest BCUT2D eigenvalue weighted by Crippen LogP contribution is -2.51. The van der Waals surface area contributed by atoms with Crippen molar-refractivity contribution in [2.75, 3.05) is 32.8 Å². The van der Waals surface area contributed by atoms with Crippen LogP contribution in [-0.2, 0) is 11.3 Å². The summed E-state index contributed by atoms with van der Waals surface area (Å²) in [5, 5.41) is 12.2. The zero-order valence-corrected chi connectivity index (χ0v) is 16.6. The van der Waals surface area contributed by atoms with Gasteiger partial charge in [-0.15, -0.1) is 5.10 Å². The highest BCUT2D eigenvalue weighted by molar-refractivity contribution is 5.81. The van der Waals surface area contributed by atoms with Crippen LogP contribution in [0.5, 0.6) is 5.75 Å². The molecule has 8 heteroatoms. The number of aromatic nitrogens is 4. The van der Waals surface area contributed by atoms with Crippen molar-refractivity contribution in [2.45, 2.75) is 34.2 Å². The van der Waals surface area contributed by atoms with Gasteiger partial charge in [-0.3, -0.25) is 9.69 Å². The third-order valence-corrected chi connectivity index (χ3v) is 4.59. The molecule has 146 valence electrons. The van der Waals surface area contributed by atoms with Gasteiger partial charge in [0, 0.05) is 31.6 Å². The highest BCUT2D eigenvalue weighted by atomic mass is 16.5. The van der Waals surface area contributed by atoms with Crippen LogP contribution >= 0.6 is 0 Å². The van der Waals surface area contributed by atoms with Gasteiger partial charge in [-0.25, -0.2) is 0 Å². The molecule has 3 rings (SSSR count). The van der Waals surface area contributed by atoms with Crippen LogP contribution in [0.15, 0.2) is 24.3 Å². The highest BCUT2D eigenvalue weighted by Gasteiger charge is 2.30. The molecule has 1 aromatic carbocycles. The number of tetrazole rings is 1. The number of hydrogen-bond acceptors (Lipinski definition) is 6. The van der Waals surface area contributed by atoms with Gasteiger partial charge >= 0.3 is 0 Å². The molecule has 0 aliphatic carbocycles. The minimum Gasteiger partial charge on any atom is -0.494 e. The number of rotatable bonds is 5. The standard InChI is InChI=1S/C19H28N6O2/c1-5-27-16-8-6-15(7-9-16)25-17(20-21-22-25)14-23-10-12-24(13-11-23)18(26)19(2,3)4/h6-9H,5,10-14H2,1-4H3. The number of carbonyl (C=O) groups is 1. The molecule has 1 fully saturated rings. The molecule has 1 aromatic heterocycles. The molecular weight excluding hydrogens is 344 g/mol. The Kier molecular flexibility index (Phi) is 5.74. The van der Waals surface area contributed by atoms with Gasteiger partial charge < -0.3 is 9.64 Å².